The molecule has 6 nitrogen and oxygen atoms in total. The molecule has 1 aromatic rings. The molecule has 1 aromatic carbocycles. The molecule has 2 saturated heterocycles. The van der Waals surface area contributed by atoms with E-state index in [-0.39, 0.29) is 5.91 Å². The fourth-order valence-corrected chi connectivity index (χ4v) is 3.55. The summed E-state index contributed by atoms with van der Waals surface area (Å²) in [6, 6.07) is 5.63. The predicted octanol–water partition coefficient (Wildman–Crippen LogP) is 3.03. The SMILES string of the molecule is C=CCN1CCN(C(=O)/C=C/c2ccc(N3CCCC3)c(N=O)c2)CC1. The van der Waals surface area contributed by atoms with Crippen molar-refractivity contribution in [3.8, 4) is 0 Å². The van der Waals surface area contributed by atoms with Crippen LogP contribution in [0, 0.1) is 4.91 Å². The lowest BCUT2D eigenvalue weighted by Gasteiger charge is -2.33. The number of rotatable bonds is 6. The lowest BCUT2D eigenvalue weighted by atomic mass is 10.1. The third kappa shape index (κ3) is 4.38. The average Bonchev–Trinajstić information content (AvgIpc) is 3.21. The van der Waals surface area contributed by atoms with E-state index in [2.05, 4.69) is 21.6 Å². The lowest BCUT2D eigenvalue weighted by Crippen LogP contribution is -2.48. The Kier molecular flexibility index (Phi) is 6.17. The van der Waals surface area contributed by atoms with Gasteiger partial charge in [0.2, 0.25) is 5.91 Å². The van der Waals surface area contributed by atoms with Crippen molar-refractivity contribution in [1.82, 2.24) is 9.80 Å². The maximum atomic E-state index is 12.4. The Morgan fingerprint density at radius 2 is 1.85 bits per heavy atom. The molecule has 2 aliphatic rings. The molecule has 0 saturated carbocycles. The summed E-state index contributed by atoms with van der Waals surface area (Å²) in [5.74, 6) is 0.00693. The van der Waals surface area contributed by atoms with E-state index in [1.807, 2.05) is 23.1 Å². The number of hydrogen-bond acceptors (Lipinski definition) is 5. The van der Waals surface area contributed by atoms with Crippen LogP contribution in [0.4, 0.5) is 11.4 Å². The van der Waals surface area contributed by atoms with Crippen molar-refractivity contribution in [3.05, 3.63) is 47.4 Å². The van der Waals surface area contributed by atoms with Crippen LogP contribution in [0.25, 0.3) is 6.08 Å². The Hall–Kier alpha value is -2.47. The maximum absolute atomic E-state index is 12.4. The van der Waals surface area contributed by atoms with Gasteiger partial charge in [-0.15, -0.1) is 11.5 Å². The van der Waals surface area contributed by atoms with Crippen molar-refractivity contribution < 1.29 is 4.79 Å². The standard InChI is InChI=1S/C20H26N4O2/c1-2-9-22-12-14-24(15-13-22)20(25)8-6-17-5-7-19(18(16-17)21-26)23-10-3-4-11-23/h2,5-8,16H,1,3-4,9-15H2/b8-6+. The molecule has 138 valence electrons. The molecule has 2 fully saturated rings. The second-order valence-corrected chi connectivity index (χ2v) is 6.78. The van der Waals surface area contributed by atoms with Gasteiger partial charge >= 0.3 is 0 Å². The molecule has 0 radical (unpaired) electrons. The van der Waals surface area contributed by atoms with E-state index in [0.29, 0.717) is 5.69 Å². The van der Waals surface area contributed by atoms with Crippen LogP contribution in [0.1, 0.15) is 18.4 Å². The molecule has 6 heteroatoms. The molecule has 0 atom stereocenters. The van der Waals surface area contributed by atoms with E-state index in [4.69, 9.17) is 0 Å². The number of nitrogens with zero attached hydrogens (tertiary/aromatic N) is 4. The van der Waals surface area contributed by atoms with Gasteiger partial charge in [-0.2, -0.15) is 0 Å². The van der Waals surface area contributed by atoms with Gasteiger partial charge in [-0.25, -0.2) is 0 Å². The Labute approximate surface area is 154 Å². The highest BCUT2D eigenvalue weighted by Gasteiger charge is 2.19. The zero-order valence-electron chi connectivity index (χ0n) is 15.1. The van der Waals surface area contributed by atoms with Crippen LogP contribution in [0.3, 0.4) is 0 Å². The second-order valence-electron chi connectivity index (χ2n) is 6.78. The number of anilines is 1. The van der Waals surface area contributed by atoms with E-state index in [1.54, 1.807) is 18.2 Å². The van der Waals surface area contributed by atoms with Crippen LogP contribution in [-0.2, 0) is 4.79 Å². The van der Waals surface area contributed by atoms with Crippen LogP contribution in [0.2, 0.25) is 0 Å². The molecule has 3 rings (SSSR count). The van der Waals surface area contributed by atoms with Gasteiger partial charge < -0.3 is 9.80 Å². The second kappa shape index (κ2) is 8.76. The van der Waals surface area contributed by atoms with Gasteiger partial charge in [-0.1, -0.05) is 12.1 Å². The fourth-order valence-electron chi connectivity index (χ4n) is 3.55. The van der Waals surface area contributed by atoms with Crippen LogP contribution < -0.4 is 4.90 Å². The summed E-state index contributed by atoms with van der Waals surface area (Å²) < 4.78 is 0. The Bertz CT molecular complexity index is 687. The van der Waals surface area contributed by atoms with Gasteiger partial charge in [0.15, 0.2) is 0 Å². The van der Waals surface area contributed by atoms with Crippen LogP contribution >= 0.6 is 0 Å². The summed E-state index contributed by atoms with van der Waals surface area (Å²) >= 11 is 0. The van der Waals surface area contributed by atoms with Crippen molar-refractivity contribution in [2.24, 2.45) is 5.18 Å². The van der Waals surface area contributed by atoms with Crippen molar-refractivity contribution in [2.45, 2.75) is 12.8 Å². The third-order valence-electron chi connectivity index (χ3n) is 5.03. The van der Waals surface area contributed by atoms with Gasteiger partial charge in [0.25, 0.3) is 0 Å². The number of carbonyl (C=O) groups excluding carboxylic acids is 1. The highest BCUT2D eigenvalue weighted by molar-refractivity contribution is 5.92. The first-order valence-electron chi connectivity index (χ1n) is 9.24. The molecule has 0 spiro atoms. The smallest absolute Gasteiger partial charge is 0.246 e. The molecule has 0 unspecified atom stereocenters. The molecule has 0 aromatic heterocycles. The summed E-state index contributed by atoms with van der Waals surface area (Å²) in [7, 11) is 0. The molecule has 0 bridgehead atoms. The number of carbonyl (C=O) groups is 1. The molecule has 2 aliphatic heterocycles. The minimum atomic E-state index is 0.00693. The Morgan fingerprint density at radius 3 is 2.50 bits per heavy atom. The van der Waals surface area contributed by atoms with Crippen LogP contribution in [-0.4, -0.2) is 61.5 Å². The quantitative estimate of drug-likeness (QED) is 0.448. The molecule has 2 heterocycles. The molecule has 1 amide bonds. The maximum Gasteiger partial charge on any atom is 0.246 e. The summed E-state index contributed by atoms with van der Waals surface area (Å²) in [5.41, 5.74) is 2.15. The fraction of sp³-hybridized carbons (Fsp3) is 0.450. The van der Waals surface area contributed by atoms with Gasteiger partial charge in [-0.05, 0) is 41.8 Å². The number of benzene rings is 1. The van der Waals surface area contributed by atoms with Crippen LogP contribution in [0.15, 0.2) is 42.1 Å². The van der Waals surface area contributed by atoms with Crippen molar-refractivity contribution >= 4 is 23.4 Å². The summed E-state index contributed by atoms with van der Waals surface area (Å²) in [6.07, 6.45) is 7.54. The zero-order chi connectivity index (χ0) is 18.4. The van der Waals surface area contributed by atoms with Gasteiger partial charge in [0.1, 0.15) is 5.69 Å². The van der Waals surface area contributed by atoms with E-state index in [1.165, 1.54) is 0 Å². The highest BCUT2D eigenvalue weighted by Crippen LogP contribution is 2.32. The number of hydrogen-bond donors (Lipinski definition) is 0. The lowest BCUT2D eigenvalue weighted by molar-refractivity contribution is -0.127. The van der Waals surface area contributed by atoms with Crippen molar-refractivity contribution in [1.29, 1.82) is 0 Å². The molecule has 0 N–H and O–H groups in total. The van der Waals surface area contributed by atoms with Crippen molar-refractivity contribution in [3.63, 3.8) is 0 Å². The topological polar surface area (TPSA) is 56.2 Å². The normalized spacial score (nSPS) is 18.5. The van der Waals surface area contributed by atoms with E-state index < -0.39 is 0 Å². The number of piperazine rings is 1. The van der Waals surface area contributed by atoms with Gasteiger partial charge in [0, 0.05) is 51.9 Å². The summed E-state index contributed by atoms with van der Waals surface area (Å²) in [6.45, 7) is 9.74. The number of nitroso groups, excluding NO2 is 1. The minimum absolute atomic E-state index is 0.00693. The summed E-state index contributed by atoms with van der Waals surface area (Å²) in [5, 5.41) is 3.18. The third-order valence-corrected chi connectivity index (χ3v) is 5.03. The summed E-state index contributed by atoms with van der Waals surface area (Å²) in [4.78, 5) is 29.9. The highest BCUT2D eigenvalue weighted by atomic mass is 16.3. The monoisotopic (exact) mass is 354 g/mol. The minimum Gasteiger partial charge on any atom is -0.370 e. The molecular formula is C20H26N4O2. The largest absolute Gasteiger partial charge is 0.370 e. The van der Waals surface area contributed by atoms with E-state index in [9.17, 15) is 9.70 Å². The van der Waals surface area contributed by atoms with E-state index >= 15 is 0 Å². The van der Waals surface area contributed by atoms with Gasteiger partial charge in [0.05, 0.1) is 5.69 Å². The van der Waals surface area contributed by atoms with E-state index in [0.717, 1.165) is 69.9 Å². The zero-order valence-corrected chi connectivity index (χ0v) is 15.1. The molecule has 0 aliphatic carbocycles. The first-order chi connectivity index (χ1) is 12.7. The Balaban J connectivity index is 1.62. The predicted molar refractivity (Wildman–Crippen MR) is 106 cm³/mol. The van der Waals surface area contributed by atoms with Crippen LogP contribution in [0.5, 0.6) is 0 Å². The molecular weight excluding hydrogens is 328 g/mol. The van der Waals surface area contributed by atoms with Gasteiger partial charge in [-0.3, -0.25) is 9.69 Å². The average molecular weight is 354 g/mol. The molecule has 26 heavy (non-hydrogen) atoms. The van der Waals surface area contributed by atoms with Crippen molar-refractivity contribution in [2.75, 3.05) is 50.7 Å². The Morgan fingerprint density at radius 1 is 1.12 bits per heavy atom. The first kappa shape index (κ1) is 18.3. The first-order valence-corrected chi connectivity index (χ1v) is 9.24. The number of amides is 1.